The normalized spacial score (nSPS) is 36.0. The molecule has 0 aliphatic carbocycles. The number of rotatable bonds is 1. The molecule has 0 spiro atoms. The third-order valence-electron chi connectivity index (χ3n) is 3.44. The van der Waals surface area contributed by atoms with Gasteiger partial charge >= 0.3 is 0 Å². The van der Waals surface area contributed by atoms with Crippen LogP contribution in [0, 0.1) is 0 Å². The molecule has 2 nitrogen and oxygen atoms in total. The van der Waals surface area contributed by atoms with Crippen LogP contribution in [0.1, 0.15) is 33.1 Å². The van der Waals surface area contributed by atoms with E-state index in [2.05, 4.69) is 24.1 Å². The molecule has 2 aliphatic heterocycles. The van der Waals surface area contributed by atoms with Crippen LogP contribution in [-0.2, 0) is 0 Å². The van der Waals surface area contributed by atoms with Gasteiger partial charge in [-0.3, -0.25) is 4.90 Å². The van der Waals surface area contributed by atoms with Crippen LogP contribution in [0.15, 0.2) is 0 Å². The molecule has 2 rings (SSSR count). The van der Waals surface area contributed by atoms with E-state index in [4.69, 9.17) is 0 Å². The zero-order valence-corrected chi connectivity index (χ0v) is 8.27. The van der Waals surface area contributed by atoms with E-state index in [0.717, 1.165) is 6.04 Å². The zero-order valence-electron chi connectivity index (χ0n) is 8.27. The molecule has 0 radical (unpaired) electrons. The molecule has 1 N–H and O–H groups in total. The Morgan fingerprint density at radius 1 is 1.42 bits per heavy atom. The second-order valence-corrected chi connectivity index (χ2v) is 4.76. The van der Waals surface area contributed by atoms with Crippen LogP contribution in [0.25, 0.3) is 0 Å². The van der Waals surface area contributed by atoms with E-state index in [-0.39, 0.29) is 0 Å². The van der Waals surface area contributed by atoms with Crippen molar-refractivity contribution in [3.63, 3.8) is 0 Å². The SMILES string of the molecule is CC1(C)CCCN1C1CCNC1. The third-order valence-corrected chi connectivity index (χ3v) is 3.44. The summed E-state index contributed by atoms with van der Waals surface area (Å²) >= 11 is 0. The van der Waals surface area contributed by atoms with Crippen LogP contribution in [0.2, 0.25) is 0 Å². The maximum absolute atomic E-state index is 3.45. The Bertz CT molecular complexity index is 159. The van der Waals surface area contributed by atoms with Gasteiger partial charge in [-0.2, -0.15) is 0 Å². The van der Waals surface area contributed by atoms with Gasteiger partial charge in [0.1, 0.15) is 0 Å². The summed E-state index contributed by atoms with van der Waals surface area (Å²) in [6.45, 7) is 8.52. The molecule has 0 amide bonds. The molecular formula is C10H20N2. The van der Waals surface area contributed by atoms with Crippen LogP contribution >= 0.6 is 0 Å². The van der Waals surface area contributed by atoms with Crippen LogP contribution in [0.4, 0.5) is 0 Å². The number of likely N-dealkylation sites (tertiary alicyclic amines) is 1. The summed E-state index contributed by atoms with van der Waals surface area (Å²) in [6.07, 6.45) is 4.12. The van der Waals surface area contributed by atoms with Crippen molar-refractivity contribution in [2.24, 2.45) is 0 Å². The van der Waals surface area contributed by atoms with E-state index < -0.39 is 0 Å². The summed E-state index contributed by atoms with van der Waals surface area (Å²) in [4.78, 5) is 2.70. The summed E-state index contributed by atoms with van der Waals surface area (Å²) in [5.41, 5.74) is 0.469. The highest BCUT2D eigenvalue weighted by molar-refractivity contribution is 4.94. The molecule has 1 atom stereocenters. The molecule has 0 aromatic heterocycles. The van der Waals surface area contributed by atoms with E-state index in [1.165, 1.54) is 38.9 Å². The van der Waals surface area contributed by atoms with Gasteiger partial charge in [0.2, 0.25) is 0 Å². The largest absolute Gasteiger partial charge is 0.315 e. The van der Waals surface area contributed by atoms with Crippen LogP contribution < -0.4 is 5.32 Å². The van der Waals surface area contributed by atoms with Crippen molar-refractivity contribution in [1.29, 1.82) is 0 Å². The molecule has 2 heteroatoms. The molecule has 1 unspecified atom stereocenters. The number of nitrogens with zero attached hydrogens (tertiary/aromatic N) is 1. The molecule has 0 aromatic rings. The minimum Gasteiger partial charge on any atom is -0.315 e. The summed E-state index contributed by atoms with van der Waals surface area (Å²) in [6, 6.07) is 0.822. The highest BCUT2D eigenvalue weighted by Gasteiger charge is 2.37. The smallest absolute Gasteiger partial charge is 0.0238 e. The molecule has 70 valence electrons. The molecule has 12 heavy (non-hydrogen) atoms. The molecule has 2 aliphatic rings. The predicted octanol–water partition coefficient (Wildman–Crippen LogP) is 1.22. The van der Waals surface area contributed by atoms with Crippen molar-refractivity contribution in [1.82, 2.24) is 10.2 Å². The fourth-order valence-corrected chi connectivity index (χ4v) is 2.71. The van der Waals surface area contributed by atoms with Gasteiger partial charge in [-0.15, -0.1) is 0 Å². The number of hydrogen-bond acceptors (Lipinski definition) is 2. The molecule has 2 fully saturated rings. The fraction of sp³-hybridized carbons (Fsp3) is 1.00. The predicted molar refractivity (Wildman–Crippen MR) is 51.3 cm³/mol. The van der Waals surface area contributed by atoms with Gasteiger partial charge < -0.3 is 5.32 Å². The highest BCUT2D eigenvalue weighted by Crippen LogP contribution is 2.31. The second-order valence-electron chi connectivity index (χ2n) is 4.76. The standard InChI is InChI=1S/C10H20N2/c1-10(2)5-3-7-12(10)9-4-6-11-8-9/h9,11H,3-8H2,1-2H3. The minimum atomic E-state index is 0.469. The van der Waals surface area contributed by atoms with Crippen LogP contribution in [0.5, 0.6) is 0 Å². The maximum Gasteiger partial charge on any atom is 0.0238 e. The lowest BCUT2D eigenvalue weighted by molar-refractivity contribution is 0.125. The summed E-state index contributed by atoms with van der Waals surface area (Å²) in [7, 11) is 0. The lowest BCUT2D eigenvalue weighted by Crippen LogP contribution is -2.46. The van der Waals surface area contributed by atoms with Crippen molar-refractivity contribution in [3.05, 3.63) is 0 Å². The summed E-state index contributed by atoms with van der Waals surface area (Å²) in [5.74, 6) is 0. The van der Waals surface area contributed by atoms with Crippen LogP contribution in [-0.4, -0.2) is 36.1 Å². The third kappa shape index (κ3) is 1.38. The number of hydrogen-bond donors (Lipinski definition) is 1. The lowest BCUT2D eigenvalue weighted by Gasteiger charge is -2.36. The fourth-order valence-electron chi connectivity index (χ4n) is 2.71. The van der Waals surface area contributed by atoms with Gasteiger partial charge in [-0.1, -0.05) is 0 Å². The Morgan fingerprint density at radius 3 is 2.75 bits per heavy atom. The van der Waals surface area contributed by atoms with Gasteiger partial charge in [0.05, 0.1) is 0 Å². The Hall–Kier alpha value is -0.0800. The Labute approximate surface area is 75.3 Å². The quantitative estimate of drug-likeness (QED) is 0.633. The zero-order chi connectivity index (χ0) is 8.60. The van der Waals surface area contributed by atoms with Gasteiger partial charge in [0.15, 0.2) is 0 Å². The van der Waals surface area contributed by atoms with Crippen molar-refractivity contribution in [2.75, 3.05) is 19.6 Å². The van der Waals surface area contributed by atoms with E-state index in [1.54, 1.807) is 0 Å². The van der Waals surface area contributed by atoms with Crippen molar-refractivity contribution in [2.45, 2.75) is 44.7 Å². The van der Waals surface area contributed by atoms with E-state index in [1.807, 2.05) is 0 Å². The van der Waals surface area contributed by atoms with E-state index >= 15 is 0 Å². The van der Waals surface area contributed by atoms with Gasteiger partial charge in [-0.25, -0.2) is 0 Å². The first-order valence-electron chi connectivity index (χ1n) is 5.18. The average molecular weight is 168 g/mol. The van der Waals surface area contributed by atoms with Gasteiger partial charge in [0.25, 0.3) is 0 Å². The molecule has 2 heterocycles. The van der Waals surface area contributed by atoms with E-state index in [9.17, 15) is 0 Å². The lowest BCUT2D eigenvalue weighted by atomic mass is 10.0. The first kappa shape index (κ1) is 8.52. The molecule has 0 aromatic carbocycles. The van der Waals surface area contributed by atoms with Crippen molar-refractivity contribution >= 4 is 0 Å². The molecule has 0 saturated carbocycles. The Morgan fingerprint density at radius 2 is 2.25 bits per heavy atom. The molecule has 0 bridgehead atoms. The Balaban J connectivity index is 2.02. The van der Waals surface area contributed by atoms with Crippen molar-refractivity contribution in [3.8, 4) is 0 Å². The van der Waals surface area contributed by atoms with Gasteiger partial charge in [0, 0.05) is 18.1 Å². The summed E-state index contributed by atoms with van der Waals surface area (Å²) in [5, 5.41) is 3.45. The minimum absolute atomic E-state index is 0.469. The maximum atomic E-state index is 3.45. The van der Waals surface area contributed by atoms with Crippen molar-refractivity contribution < 1.29 is 0 Å². The highest BCUT2D eigenvalue weighted by atomic mass is 15.3. The monoisotopic (exact) mass is 168 g/mol. The van der Waals surface area contributed by atoms with Crippen LogP contribution in [0.3, 0.4) is 0 Å². The topological polar surface area (TPSA) is 15.3 Å². The van der Waals surface area contributed by atoms with Gasteiger partial charge in [-0.05, 0) is 46.2 Å². The summed E-state index contributed by atoms with van der Waals surface area (Å²) < 4.78 is 0. The first-order valence-corrected chi connectivity index (χ1v) is 5.18. The molecular weight excluding hydrogens is 148 g/mol. The second kappa shape index (κ2) is 3.00. The molecule has 2 saturated heterocycles. The number of nitrogens with one attached hydrogen (secondary N) is 1. The average Bonchev–Trinajstić information content (AvgIpc) is 2.55. The van der Waals surface area contributed by atoms with E-state index in [0.29, 0.717) is 5.54 Å². The first-order chi connectivity index (χ1) is 5.70. The Kier molecular flexibility index (Phi) is 2.13.